The zero-order valence-corrected chi connectivity index (χ0v) is 11.0. The SMILES string of the molecule is C[C@@H](O)c1ccc(N2CCCC(CCO)C2)cc1. The van der Waals surface area contributed by atoms with E-state index in [1.165, 1.54) is 18.5 Å². The number of nitrogens with zero attached hydrogens (tertiary/aromatic N) is 1. The van der Waals surface area contributed by atoms with Gasteiger partial charge in [0.15, 0.2) is 0 Å². The van der Waals surface area contributed by atoms with Crippen molar-refractivity contribution in [2.75, 3.05) is 24.6 Å². The van der Waals surface area contributed by atoms with Crippen LogP contribution in [0.4, 0.5) is 5.69 Å². The first kappa shape index (κ1) is 13.4. The quantitative estimate of drug-likeness (QED) is 0.861. The van der Waals surface area contributed by atoms with Gasteiger partial charge in [-0.15, -0.1) is 0 Å². The second-order valence-electron chi connectivity index (χ2n) is 5.23. The highest BCUT2D eigenvalue weighted by Crippen LogP contribution is 2.26. The Morgan fingerprint density at radius 3 is 2.67 bits per heavy atom. The molecule has 1 aliphatic heterocycles. The second-order valence-corrected chi connectivity index (χ2v) is 5.23. The third-order valence-electron chi connectivity index (χ3n) is 3.80. The van der Waals surface area contributed by atoms with E-state index < -0.39 is 6.10 Å². The molecule has 0 bridgehead atoms. The molecule has 2 N–H and O–H groups in total. The molecular weight excluding hydrogens is 226 g/mol. The Balaban J connectivity index is 2.02. The van der Waals surface area contributed by atoms with Crippen LogP contribution < -0.4 is 4.90 Å². The van der Waals surface area contributed by atoms with Gasteiger partial charge in [0.1, 0.15) is 0 Å². The van der Waals surface area contributed by atoms with Crippen LogP contribution in [-0.4, -0.2) is 29.9 Å². The molecule has 18 heavy (non-hydrogen) atoms. The minimum Gasteiger partial charge on any atom is -0.396 e. The summed E-state index contributed by atoms with van der Waals surface area (Å²) in [7, 11) is 0. The number of piperidine rings is 1. The van der Waals surface area contributed by atoms with Crippen LogP contribution in [0, 0.1) is 5.92 Å². The average molecular weight is 249 g/mol. The van der Waals surface area contributed by atoms with Crippen molar-refractivity contribution < 1.29 is 10.2 Å². The summed E-state index contributed by atoms with van der Waals surface area (Å²) in [5.41, 5.74) is 2.18. The number of anilines is 1. The van der Waals surface area contributed by atoms with E-state index >= 15 is 0 Å². The molecule has 3 heteroatoms. The van der Waals surface area contributed by atoms with Crippen LogP contribution in [0.1, 0.15) is 37.9 Å². The molecule has 1 aliphatic rings. The van der Waals surface area contributed by atoms with Crippen LogP contribution >= 0.6 is 0 Å². The maximum atomic E-state index is 9.50. The van der Waals surface area contributed by atoms with Crippen molar-refractivity contribution in [3.63, 3.8) is 0 Å². The van der Waals surface area contributed by atoms with Gasteiger partial charge in [0.2, 0.25) is 0 Å². The molecule has 3 nitrogen and oxygen atoms in total. The summed E-state index contributed by atoms with van der Waals surface area (Å²) in [6.07, 6.45) is 2.93. The molecule has 1 aromatic carbocycles. The van der Waals surface area contributed by atoms with E-state index in [9.17, 15) is 5.11 Å². The molecule has 1 unspecified atom stereocenters. The first-order chi connectivity index (χ1) is 8.70. The zero-order valence-electron chi connectivity index (χ0n) is 11.0. The molecule has 0 radical (unpaired) electrons. The van der Waals surface area contributed by atoms with Crippen molar-refractivity contribution in [1.29, 1.82) is 0 Å². The largest absolute Gasteiger partial charge is 0.396 e. The van der Waals surface area contributed by atoms with Crippen molar-refractivity contribution in [3.05, 3.63) is 29.8 Å². The summed E-state index contributed by atoms with van der Waals surface area (Å²) < 4.78 is 0. The summed E-state index contributed by atoms with van der Waals surface area (Å²) in [6, 6.07) is 8.16. The first-order valence-electron chi connectivity index (χ1n) is 6.84. The van der Waals surface area contributed by atoms with Crippen molar-refractivity contribution >= 4 is 5.69 Å². The second kappa shape index (κ2) is 6.21. The van der Waals surface area contributed by atoms with Crippen molar-refractivity contribution in [1.82, 2.24) is 0 Å². The number of hydrogen-bond acceptors (Lipinski definition) is 3. The third kappa shape index (κ3) is 3.24. The predicted octanol–water partition coefficient (Wildman–Crippen LogP) is 2.34. The van der Waals surface area contributed by atoms with E-state index in [0.717, 1.165) is 25.1 Å². The van der Waals surface area contributed by atoms with E-state index in [0.29, 0.717) is 12.5 Å². The third-order valence-corrected chi connectivity index (χ3v) is 3.80. The van der Waals surface area contributed by atoms with Gasteiger partial charge in [0.25, 0.3) is 0 Å². The molecule has 0 amide bonds. The van der Waals surface area contributed by atoms with Gasteiger partial charge in [-0.05, 0) is 49.8 Å². The lowest BCUT2D eigenvalue weighted by atomic mass is 9.94. The molecule has 1 heterocycles. The van der Waals surface area contributed by atoms with E-state index in [2.05, 4.69) is 17.0 Å². The highest BCUT2D eigenvalue weighted by atomic mass is 16.3. The Morgan fingerprint density at radius 2 is 2.06 bits per heavy atom. The molecule has 0 aliphatic carbocycles. The Labute approximate surface area is 109 Å². The van der Waals surface area contributed by atoms with E-state index in [4.69, 9.17) is 5.11 Å². The van der Waals surface area contributed by atoms with E-state index in [1.54, 1.807) is 6.92 Å². The average Bonchev–Trinajstić information content (AvgIpc) is 2.39. The molecule has 100 valence electrons. The Hall–Kier alpha value is -1.06. The topological polar surface area (TPSA) is 43.7 Å². The lowest BCUT2D eigenvalue weighted by Gasteiger charge is -2.34. The molecule has 0 spiro atoms. The summed E-state index contributed by atoms with van der Waals surface area (Å²) in [4.78, 5) is 2.38. The molecule has 2 atom stereocenters. The Kier molecular flexibility index (Phi) is 4.61. The summed E-state index contributed by atoms with van der Waals surface area (Å²) >= 11 is 0. The van der Waals surface area contributed by atoms with E-state index in [-0.39, 0.29) is 0 Å². The fraction of sp³-hybridized carbons (Fsp3) is 0.600. The highest BCUT2D eigenvalue weighted by Gasteiger charge is 2.19. The van der Waals surface area contributed by atoms with Crippen molar-refractivity contribution in [2.45, 2.75) is 32.3 Å². The molecular formula is C15H23NO2. The highest BCUT2D eigenvalue weighted by molar-refractivity contribution is 5.48. The van der Waals surface area contributed by atoms with E-state index in [1.807, 2.05) is 12.1 Å². The minimum absolute atomic E-state index is 0.291. The van der Waals surface area contributed by atoms with Crippen LogP contribution in [0.15, 0.2) is 24.3 Å². The Morgan fingerprint density at radius 1 is 1.33 bits per heavy atom. The maximum absolute atomic E-state index is 9.50. The first-order valence-corrected chi connectivity index (χ1v) is 6.84. The van der Waals surface area contributed by atoms with Crippen molar-refractivity contribution in [3.8, 4) is 0 Å². The number of hydrogen-bond donors (Lipinski definition) is 2. The fourth-order valence-corrected chi connectivity index (χ4v) is 2.68. The lowest BCUT2D eigenvalue weighted by Crippen LogP contribution is -2.35. The number of rotatable bonds is 4. The fourth-order valence-electron chi connectivity index (χ4n) is 2.68. The lowest BCUT2D eigenvalue weighted by molar-refractivity contribution is 0.199. The maximum Gasteiger partial charge on any atom is 0.0761 e. The smallest absolute Gasteiger partial charge is 0.0761 e. The summed E-state index contributed by atoms with van der Waals surface area (Å²) in [5, 5.41) is 18.5. The monoisotopic (exact) mass is 249 g/mol. The molecule has 1 aromatic rings. The van der Waals surface area contributed by atoms with Gasteiger partial charge in [-0.3, -0.25) is 0 Å². The van der Waals surface area contributed by atoms with Gasteiger partial charge in [-0.2, -0.15) is 0 Å². The molecule has 0 aromatic heterocycles. The molecule has 2 rings (SSSR count). The van der Waals surface area contributed by atoms with Crippen LogP contribution in [0.25, 0.3) is 0 Å². The van der Waals surface area contributed by atoms with Crippen LogP contribution in [0.3, 0.4) is 0 Å². The molecule has 1 saturated heterocycles. The normalized spacial score (nSPS) is 21.9. The number of aliphatic hydroxyl groups excluding tert-OH is 2. The van der Waals surface area contributed by atoms with Gasteiger partial charge in [-0.1, -0.05) is 12.1 Å². The summed E-state index contributed by atoms with van der Waals surface area (Å²) in [6.45, 7) is 4.21. The predicted molar refractivity (Wildman–Crippen MR) is 73.7 cm³/mol. The van der Waals surface area contributed by atoms with Crippen LogP contribution in [0.2, 0.25) is 0 Å². The zero-order chi connectivity index (χ0) is 13.0. The standard InChI is InChI=1S/C15H23NO2/c1-12(18)14-4-6-15(7-5-14)16-9-2-3-13(11-16)8-10-17/h4-7,12-13,17-18H,2-3,8-11H2,1H3/t12-,13?/m1/s1. The minimum atomic E-state index is -0.400. The van der Waals surface area contributed by atoms with Crippen LogP contribution in [-0.2, 0) is 0 Å². The number of benzene rings is 1. The van der Waals surface area contributed by atoms with Gasteiger partial charge in [-0.25, -0.2) is 0 Å². The summed E-state index contributed by atoms with van der Waals surface area (Å²) in [5.74, 6) is 0.611. The van der Waals surface area contributed by atoms with Gasteiger partial charge in [0.05, 0.1) is 6.10 Å². The van der Waals surface area contributed by atoms with Gasteiger partial charge < -0.3 is 15.1 Å². The van der Waals surface area contributed by atoms with Gasteiger partial charge in [0, 0.05) is 25.4 Å². The Bertz CT molecular complexity index is 359. The molecule has 0 saturated carbocycles. The van der Waals surface area contributed by atoms with Gasteiger partial charge >= 0.3 is 0 Å². The number of aliphatic hydroxyl groups is 2. The molecule has 1 fully saturated rings. The van der Waals surface area contributed by atoms with Crippen LogP contribution in [0.5, 0.6) is 0 Å². The van der Waals surface area contributed by atoms with Crippen molar-refractivity contribution in [2.24, 2.45) is 5.92 Å².